The fourth-order valence-corrected chi connectivity index (χ4v) is 3.48. The van der Waals surface area contributed by atoms with Gasteiger partial charge in [-0.3, -0.25) is 14.6 Å². The van der Waals surface area contributed by atoms with Crippen molar-refractivity contribution in [2.24, 2.45) is 10.9 Å². The molecular formula is C22H35N5O2. The molecule has 0 bridgehead atoms. The van der Waals surface area contributed by atoms with E-state index >= 15 is 0 Å². The molecule has 1 aliphatic heterocycles. The second-order valence-electron chi connectivity index (χ2n) is 7.51. The van der Waals surface area contributed by atoms with Gasteiger partial charge in [-0.25, -0.2) is 0 Å². The SMILES string of the molecule is CCCCNC(=O)c1ccc(CNC(=NC)N2CCC(CC(=O)NC)CC2)cc1. The number of benzene rings is 1. The van der Waals surface area contributed by atoms with Crippen LogP contribution in [0.1, 0.15) is 54.9 Å². The lowest BCUT2D eigenvalue weighted by atomic mass is 9.93. The standard InChI is InChI=1S/C22H35N5O2/c1-4-5-12-25-21(29)19-8-6-18(7-9-19)16-26-22(24-3)27-13-10-17(11-14-27)15-20(28)23-2/h6-9,17H,4-5,10-16H2,1-3H3,(H,23,28)(H,24,26)(H,25,29). The molecule has 1 saturated heterocycles. The number of piperidine rings is 1. The predicted octanol–water partition coefficient (Wildman–Crippen LogP) is 2.14. The highest BCUT2D eigenvalue weighted by Crippen LogP contribution is 2.20. The number of rotatable bonds is 8. The van der Waals surface area contributed by atoms with E-state index in [2.05, 4.69) is 32.8 Å². The molecule has 0 saturated carbocycles. The Labute approximate surface area is 174 Å². The maximum Gasteiger partial charge on any atom is 0.251 e. The Kier molecular flexibility index (Phi) is 9.47. The Hall–Kier alpha value is -2.57. The van der Waals surface area contributed by atoms with Crippen molar-refractivity contribution in [1.29, 1.82) is 0 Å². The number of guanidine groups is 1. The Bertz CT molecular complexity index is 679. The van der Waals surface area contributed by atoms with Gasteiger partial charge in [0.05, 0.1) is 0 Å². The molecule has 2 rings (SSSR count). The molecular weight excluding hydrogens is 366 g/mol. The van der Waals surface area contributed by atoms with E-state index in [1.165, 1.54) is 0 Å². The van der Waals surface area contributed by atoms with Crippen LogP contribution < -0.4 is 16.0 Å². The summed E-state index contributed by atoms with van der Waals surface area (Å²) in [5.74, 6) is 1.42. The van der Waals surface area contributed by atoms with E-state index in [4.69, 9.17) is 0 Å². The minimum Gasteiger partial charge on any atom is -0.359 e. The van der Waals surface area contributed by atoms with Crippen LogP contribution >= 0.6 is 0 Å². The van der Waals surface area contributed by atoms with Crippen molar-refractivity contribution >= 4 is 17.8 Å². The van der Waals surface area contributed by atoms with Gasteiger partial charge in [0.15, 0.2) is 5.96 Å². The van der Waals surface area contributed by atoms with Gasteiger partial charge in [-0.2, -0.15) is 0 Å². The number of nitrogens with zero attached hydrogens (tertiary/aromatic N) is 2. The fourth-order valence-electron chi connectivity index (χ4n) is 3.48. The third-order valence-corrected chi connectivity index (χ3v) is 5.36. The number of hydrogen-bond donors (Lipinski definition) is 3. The summed E-state index contributed by atoms with van der Waals surface area (Å²) in [7, 11) is 3.48. The lowest BCUT2D eigenvalue weighted by Crippen LogP contribution is -2.45. The molecule has 0 atom stereocenters. The highest BCUT2D eigenvalue weighted by Gasteiger charge is 2.23. The highest BCUT2D eigenvalue weighted by molar-refractivity contribution is 5.94. The number of carbonyl (C=O) groups excluding carboxylic acids is 2. The van der Waals surface area contributed by atoms with Crippen LogP contribution in [0.5, 0.6) is 0 Å². The Morgan fingerprint density at radius 1 is 1.14 bits per heavy atom. The molecule has 1 fully saturated rings. The van der Waals surface area contributed by atoms with Crippen LogP contribution in [0.15, 0.2) is 29.3 Å². The minimum atomic E-state index is -0.0200. The van der Waals surface area contributed by atoms with Crippen LogP contribution in [-0.2, 0) is 11.3 Å². The number of hydrogen-bond acceptors (Lipinski definition) is 3. The average Bonchev–Trinajstić information content (AvgIpc) is 2.75. The molecule has 29 heavy (non-hydrogen) atoms. The minimum absolute atomic E-state index is 0.0200. The van der Waals surface area contributed by atoms with Crippen LogP contribution in [-0.4, -0.2) is 56.4 Å². The summed E-state index contributed by atoms with van der Waals surface area (Å²) in [4.78, 5) is 30.3. The Balaban J connectivity index is 1.79. The van der Waals surface area contributed by atoms with Gasteiger partial charge < -0.3 is 20.9 Å². The van der Waals surface area contributed by atoms with Crippen molar-refractivity contribution in [2.75, 3.05) is 33.7 Å². The van der Waals surface area contributed by atoms with E-state index < -0.39 is 0 Å². The summed E-state index contributed by atoms with van der Waals surface area (Å²) >= 11 is 0. The molecule has 7 heteroatoms. The summed E-state index contributed by atoms with van der Waals surface area (Å²) in [6.45, 7) is 5.28. The van der Waals surface area contributed by atoms with Gasteiger partial charge in [-0.05, 0) is 42.9 Å². The second kappa shape index (κ2) is 12.1. The molecule has 7 nitrogen and oxygen atoms in total. The van der Waals surface area contributed by atoms with E-state index in [9.17, 15) is 9.59 Å². The quantitative estimate of drug-likeness (QED) is 0.354. The first-order valence-electron chi connectivity index (χ1n) is 10.6. The predicted molar refractivity (Wildman–Crippen MR) is 117 cm³/mol. The lowest BCUT2D eigenvalue weighted by Gasteiger charge is -2.34. The molecule has 0 aromatic heterocycles. The van der Waals surface area contributed by atoms with Gasteiger partial charge in [0.1, 0.15) is 0 Å². The van der Waals surface area contributed by atoms with Crippen LogP contribution in [0.4, 0.5) is 0 Å². The molecule has 160 valence electrons. The van der Waals surface area contributed by atoms with Crippen LogP contribution in [0.25, 0.3) is 0 Å². The molecule has 1 heterocycles. The normalized spacial score (nSPS) is 15.1. The molecule has 0 radical (unpaired) electrons. The summed E-state index contributed by atoms with van der Waals surface area (Å²) < 4.78 is 0. The van der Waals surface area contributed by atoms with Gasteiger partial charge in [-0.1, -0.05) is 25.5 Å². The van der Waals surface area contributed by atoms with Crippen molar-refractivity contribution in [3.05, 3.63) is 35.4 Å². The van der Waals surface area contributed by atoms with Crippen LogP contribution in [0, 0.1) is 5.92 Å². The van der Waals surface area contributed by atoms with Crippen molar-refractivity contribution in [2.45, 2.75) is 45.6 Å². The van der Waals surface area contributed by atoms with E-state index in [1.807, 2.05) is 24.3 Å². The van der Waals surface area contributed by atoms with Crippen LogP contribution in [0.2, 0.25) is 0 Å². The first kappa shape index (κ1) is 22.7. The summed E-state index contributed by atoms with van der Waals surface area (Å²) in [5, 5.41) is 9.05. The number of nitrogens with one attached hydrogen (secondary N) is 3. The van der Waals surface area contributed by atoms with Gasteiger partial charge in [-0.15, -0.1) is 0 Å². The molecule has 0 spiro atoms. The van der Waals surface area contributed by atoms with Gasteiger partial charge in [0, 0.05) is 52.3 Å². The molecule has 0 aliphatic carbocycles. The number of carbonyl (C=O) groups is 2. The molecule has 2 amide bonds. The number of likely N-dealkylation sites (tertiary alicyclic amines) is 1. The van der Waals surface area contributed by atoms with E-state index in [1.54, 1.807) is 14.1 Å². The maximum absolute atomic E-state index is 12.1. The first-order chi connectivity index (χ1) is 14.1. The number of aliphatic imine (C=N–C) groups is 1. The Morgan fingerprint density at radius 3 is 2.41 bits per heavy atom. The first-order valence-corrected chi connectivity index (χ1v) is 10.6. The Morgan fingerprint density at radius 2 is 1.83 bits per heavy atom. The number of unbranched alkanes of at least 4 members (excludes halogenated alkanes) is 1. The largest absolute Gasteiger partial charge is 0.359 e. The van der Waals surface area contributed by atoms with Gasteiger partial charge in [0.25, 0.3) is 5.91 Å². The lowest BCUT2D eigenvalue weighted by molar-refractivity contribution is -0.121. The van der Waals surface area contributed by atoms with Crippen molar-refractivity contribution in [1.82, 2.24) is 20.9 Å². The van der Waals surface area contributed by atoms with E-state index in [-0.39, 0.29) is 11.8 Å². The molecule has 0 unspecified atom stereocenters. The summed E-state index contributed by atoms with van der Waals surface area (Å²) in [5.41, 5.74) is 1.79. The monoisotopic (exact) mass is 401 g/mol. The molecule has 3 N–H and O–H groups in total. The average molecular weight is 402 g/mol. The highest BCUT2D eigenvalue weighted by atomic mass is 16.2. The smallest absolute Gasteiger partial charge is 0.251 e. The zero-order valence-corrected chi connectivity index (χ0v) is 18.0. The summed E-state index contributed by atoms with van der Waals surface area (Å²) in [6.07, 6.45) is 4.66. The summed E-state index contributed by atoms with van der Waals surface area (Å²) in [6, 6.07) is 7.69. The fraction of sp³-hybridized carbons (Fsp3) is 0.591. The molecule has 1 aliphatic rings. The third kappa shape index (κ3) is 7.40. The van der Waals surface area contributed by atoms with E-state index in [0.717, 1.165) is 56.8 Å². The topological polar surface area (TPSA) is 85.8 Å². The van der Waals surface area contributed by atoms with Crippen molar-refractivity contribution < 1.29 is 9.59 Å². The van der Waals surface area contributed by atoms with Crippen LogP contribution in [0.3, 0.4) is 0 Å². The maximum atomic E-state index is 12.1. The number of amides is 2. The zero-order valence-electron chi connectivity index (χ0n) is 18.0. The zero-order chi connectivity index (χ0) is 21.1. The second-order valence-corrected chi connectivity index (χ2v) is 7.51. The molecule has 1 aromatic rings. The molecule has 1 aromatic carbocycles. The van der Waals surface area contributed by atoms with Crippen molar-refractivity contribution in [3.8, 4) is 0 Å². The van der Waals surface area contributed by atoms with E-state index in [0.29, 0.717) is 24.4 Å². The third-order valence-electron chi connectivity index (χ3n) is 5.36. The van der Waals surface area contributed by atoms with Gasteiger partial charge in [0.2, 0.25) is 5.91 Å². The van der Waals surface area contributed by atoms with Crippen molar-refractivity contribution in [3.63, 3.8) is 0 Å². The van der Waals surface area contributed by atoms with Gasteiger partial charge >= 0.3 is 0 Å².